The Balaban J connectivity index is 1.16. The Morgan fingerprint density at radius 2 is 2.00 bits per heavy atom. The predicted molar refractivity (Wildman–Crippen MR) is 153 cm³/mol. The van der Waals surface area contributed by atoms with Crippen LogP contribution >= 0.6 is 24.0 Å². The summed E-state index contributed by atoms with van der Waals surface area (Å²) in [4.78, 5) is 41.1. The third-order valence-corrected chi connectivity index (χ3v) is 9.71. The second kappa shape index (κ2) is 10.9. The number of hydrogen-bond acceptors (Lipinski definition) is 8. The van der Waals surface area contributed by atoms with Gasteiger partial charge in [0.05, 0.1) is 12.0 Å². The molecule has 210 valence electrons. The van der Waals surface area contributed by atoms with Crippen LogP contribution < -0.4 is 9.47 Å². The number of fused-ring (bicyclic) bond motifs is 2. The summed E-state index contributed by atoms with van der Waals surface area (Å²) in [5.41, 5.74) is 0.667. The average Bonchev–Trinajstić information content (AvgIpc) is 3.77. The minimum Gasteiger partial charge on any atom is -0.497 e. The number of carboxylic acid groups (broad SMARTS) is 1. The lowest BCUT2D eigenvalue weighted by Gasteiger charge is -2.30. The van der Waals surface area contributed by atoms with Gasteiger partial charge in [0, 0.05) is 30.3 Å². The first-order valence-electron chi connectivity index (χ1n) is 13.5. The summed E-state index contributed by atoms with van der Waals surface area (Å²) in [6.45, 7) is 0.114. The van der Waals surface area contributed by atoms with Crippen LogP contribution in [0.4, 0.5) is 0 Å². The van der Waals surface area contributed by atoms with Crippen LogP contribution in [0, 0.1) is 11.8 Å². The molecule has 3 heterocycles. The summed E-state index contributed by atoms with van der Waals surface area (Å²) in [5.74, 6) is 1.80. The van der Waals surface area contributed by atoms with Crippen molar-refractivity contribution >= 4 is 52.2 Å². The number of carboxylic acids is 1. The third-order valence-electron chi connectivity index (χ3n) is 8.38. The number of amides is 2. The maximum absolute atomic E-state index is 13.3. The molecule has 2 saturated heterocycles. The van der Waals surface area contributed by atoms with Crippen molar-refractivity contribution in [3.8, 4) is 22.8 Å². The second-order valence-electron chi connectivity index (χ2n) is 10.8. The first kappa shape index (κ1) is 26.9. The number of rotatable bonds is 8. The molecule has 2 saturated carbocycles. The number of methoxy groups -OCH3 is 1. The fraction of sp³-hybridized carbons (Fsp3) is 0.448. The van der Waals surface area contributed by atoms with Crippen molar-refractivity contribution in [1.29, 1.82) is 0 Å². The molecule has 4 atom stereocenters. The molecule has 1 aromatic heterocycles. The largest absolute Gasteiger partial charge is 0.497 e. The zero-order valence-corrected chi connectivity index (χ0v) is 23.7. The number of thiocarbonyl (C=S) groups is 1. The fourth-order valence-electron chi connectivity index (χ4n) is 6.47. The Morgan fingerprint density at radius 1 is 1.18 bits per heavy atom. The lowest BCUT2D eigenvalue weighted by Crippen LogP contribution is -2.42. The maximum atomic E-state index is 13.3. The average molecular weight is 583 g/mol. The van der Waals surface area contributed by atoms with Gasteiger partial charge in [-0.1, -0.05) is 30.4 Å². The summed E-state index contributed by atoms with van der Waals surface area (Å²) >= 11 is 6.92. The number of nitrogens with zero attached hydrogens (tertiary/aromatic N) is 2. The van der Waals surface area contributed by atoms with Crippen molar-refractivity contribution in [2.24, 2.45) is 11.8 Å². The number of aliphatic carboxylic acids is 1. The summed E-state index contributed by atoms with van der Waals surface area (Å²) in [7, 11) is 1.53. The molecule has 11 heteroatoms. The number of likely N-dealkylation sites (tertiary alicyclic amines) is 1. The summed E-state index contributed by atoms with van der Waals surface area (Å²) in [6.07, 6.45) is 7.51. The molecule has 40 heavy (non-hydrogen) atoms. The van der Waals surface area contributed by atoms with Crippen LogP contribution in [-0.2, 0) is 14.4 Å². The van der Waals surface area contributed by atoms with Crippen molar-refractivity contribution in [3.05, 3.63) is 41.0 Å². The van der Waals surface area contributed by atoms with Gasteiger partial charge in [-0.05, 0) is 68.2 Å². The van der Waals surface area contributed by atoms with Gasteiger partial charge in [-0.2, -0.15) is 0 Å². The second-order valence-corrected chi connectivity index (χ2v) is 12.4. The van der Waals surface area contributed by atoms with E-state index in [-0.39, 0.29) is 24.5 Å². The monoisotopic (exact) mass is 582 g/mol. The van der Waals surface area contributed by atoms with Crippen LogP contribution in [0.1, 0.15) is 44.3 Å². The van der Waals surface area contributed by atoms with Gasteiger partial charge < -0.3 is 23.9 Å². The van der Waals surface area contributed by atoms with Gasteiger partial charge in [0.25, 0.3) is 11.8 Å². The minimum absolute atomic E-state index is 0.0460. The zero-order valence-electron chi connectivity index (χ0n) is 22.0. The molecule has 1 aromatic carbocycles. The van der Waals surface area contributed by atoms with Crippen molar-refractivity contribution in [3.63, 3.8) is 0 Å². The maximum Gasteiger partial charge on any atom is 0.326 e. The van der Waals surface area contributed by atoms with Gasteiger partial charge in [-0.3, -0.25) is 14.5 Å². The molecular formula is C29H30N2O7S2. The number of carbonyl (C=O) groups excluding carboxylic acids is 2. The molecule has 9 nitrogen and oxygen atoms in total. The van der Waals surface area contributed by atoms with E-state index in [1.54, 1.807) is 36.4 Å². The number of thioether (sulfide) groups is 1. The number of carbonyl (C=O) groups is 3. The number of ether oxygens (including phenoxy) is 2. The summed E-state index contributed by atoms with van der Waals surface area (Å²) in [6, 6.07) is 8.16. The first-order valence-corrected chi connectivity index (χ1v) is 14.7. The molecule has 2 aliphatic heterocycles. The zero-order chi connectivity index (χ0) is 28.0. The van der Waals surface area contributed by atoms with Gasteiger partial charge in [0.1, 0.15) is 33.4 Å². The van der Waals surface area contributed by atoms with E-state index in [1.165, 1.54) is 43.0 Å². The topological polar surface area (TPSA) is 110 Å². The SMILES string of the molecule is COc1cc(OCC(=O)N2CCCC2C(=O)O)cc(-c2ccc(C=C3SC(=S)N(C4CC5CCC4C5)C3=O)o2)c1. The molecular weight excluding hydrogens is 552 g/mol. The Labute approximate surface area is 241 Å². The molecule has 2 amide bonds. The normalized spacial score (nSPS) is 26.8. The quantitative estimate of drug-likeness (QED) is 0.347. The smallest absolute Gasteiger partial charge is 0.326 e. The van der Waals surface area contributed by atoms with E-state index in [4.69, 9.17) is 26.1 Å². The Kier molecular flexibility index (Phi) is 7.35. The van der Waals surface area contributed by atoms with Crippen molar-refractivity contribution in [2.45, 2.75) is 50.6 Å². The van der Waals surface area contributed by atoms with Gasteiger partial charge in [0.15, 0.2) is 6.61 Å². The molecule has 2 bridgehead atoms. The van der Waals surface area contributed by atoms with Crippen molar-refractivity contribution < 1.29 is 33.4 Å². The van der Waals surface area contributed by atoms with Gasteiger partial charge in [-0.15, -0.1) is 0 Å². The third kappa shape index (κ3) is 5.12. The molecule has 4 fully saturated rings. The minimum atomic E-state index is -1.00. The van der Waals surface area contributed by atoms with Crippen LogP contribution in [0.3, 0.4) is 0 Å². The summed E-state index contributed by atoms with van der Waals surface area (Å²) in [5, 5.41) is 9.36. The van der Waals surface area contributed by atoms with Crippen LogP contribution in [0.2, 0.25) is 0 Å². The predicted octanol–water partition coefficient (Wildman–Crippen LogP) is 4.80. The van der Waals surface area contributed by atoms with Crippen molar-refractivity contribution in [1.82, 2.24) is 9.80 Å². The van der Waals surface area contributed by atoms with Crippen LogP contribution in [-0.4, -0.2) is 69.4 Å². The highest BCUT2D eigenvalue weighted by Crippen LogP contribution is 2.49. The van der Waals surface area contributed by atoms with E-state index < -0.39 is 12.0 Å². The Hall–Kier alpha value is -3.31. The van der Waals surface area contributed by atoms with Crippen molar-refractivity contribution in [2.75, 3.05) is 20.3 Å². The number of hydrogen-bond donors (Lipinski definition) is 1. The number of furan rings is 1. The highest BCUT2D eigenvalue weighted by atomic mass is 32.2. The van der Waals surface area contributed by atoms with E-state index in [0.29, 0.717) is 69.0 Å². The standard InChI is InChI=1S/C29H30N2O7S2/c1-36-20-11-18(12-21(13-20)37-15-26(32)30-8-2-3-22(30)28(34)35)24-7-6-19(38-24)14-25-27(33)31(29(39)40-25)23-10-16-4-5-17(23)9-16/h6-7,11-14,16-17,22-23H,2-5,8-10,15H2,1H3,(H,34,35). The van der Waals surface area contributed by atoms with E-state index in [2.05, 4.69) is 0 Å². The highest BCUT2D eigenvalue weighted by molar-refractivity contribution is 8.26. The van der Waals surface area contributed by atoms with E-state index in [9.17, 15) is 19.5 Å². The number of benzene rings is 1. The molecule has 0 spiro atoms. The lowest BCUT2D eigenvalue weighted by atomic mass is 9.94. The fourth-order valence-corrected chi connectivity index (χ4v) is 7.83. The van der Waals surface area contributed by atoms with Gasteiger partial charge in [0.2, 0.25) is 0 Å². The molecule has 2 aromatic rings. The lowest BCUT2D eigenvalue weighted by molar-refractivity contribution is -0.148. The first-order chi connectivity index (χ1) is 19.3. The molecule has 6 rings (SSSR count). The molecule has 4 aliphatic rings. The van der Waals surface area contributed by atoms with E-state index in [0.717, 1.165) is 6.42 Å². The highest BCUT2D eigenvalue weighted by Gasteiger charge is 2.48. The van der Waals surface area contributed by atoms with Gasteiger partial charge in [-0.25, -0.2) is 4.79 Å². The molecule has 1 N–H and O–H groups in total. The molecule has 2 aliphatic carbocycles. The van der Waals surface area contributed by atoms with Crippen LogP contribution in [0.25, 0.3) is 17.4 Å². The van der Waals surface area contributed by atoms with Gasteiger partial charge >= 0.3 is 5.97 Å². The Bertz CT molecular complexity index is 1400. The van der Waals surface area contributed by atoms with Crippen LogP contribution in [0.5, 0.6) is 11.5 Å². The molecule has 4 unspecified atom stereocenters. The Morgan fingerprint density at radius 3 is 2.73 bits per heavy atom. The van der Waals surface area contributed by atoms with E-state index >= 15 is 0 Å². The van der Waals surface area contributed by atoms with E-state index in [1.807, 2.05) is 4.90 Å². The summed E-state index contributed by atoms with van der Waals surface area (Å²) < 4.78 is 17.9. The van der Waals surface area contributed by atoms with Crippen LogP contribution in [0.15, 0.2) is 39.7 Å². The molecule has 0 radical (unpaired) electrons.